The molecule has 0 saturated heterocycles. The molecule has 0 amide bonds. The van der Waals surface area contributed by atoms with Crippen molar-refractivity contribution in [2.24, 2.45) is 0 Å². The number of hydrogen-bond acceptors (Lipinski definition) is 3. The largest absolute Gasteiger partial charge is 0.573 e. The molecule has 1 heterocycles. The molecule has 19 heavy (non-hydrogen) atoms. The molecule has 2 aromatic rings. The molecular weight excluding hydrogens is 281 g/mol. The number of aryl methyl sites for hydroxylation is 1. The third-order valence-corrected chi connectivity index (χ3v) is 2.54. The number of nitrogens with zero attached hydrogens (tertiary/aromatic N) is 2. The summed E-state index contributed by atoms with van der Waals surface area (Å²) >= 11 is 5.73. The topological polar surface area (TPSA) is 35.0 Å². The zero-order valence-electron chi connectivity index (χ0n) is 9.70. The maximum absolute atomic E-state index is 12.1. The molecule has 7 heteroatoms. The van der Waals surface area contributed by atoms with Gasteiger partial charge in [0.2, 0.25) is 0 Å². The quantitative estimate of drug-likeness (QED) is 0.783. The van der Waals surface area contributed by atoms with Crippen molar-refractivity contribution < 1.29 is 17.9 Å². The standard InChI is InChI=1S/C12H8ClF3N2O/c1-7-4-8(9-5-11(13)18-6-17-9)2-3-10(7)19-12(14,15)16/h2-6H,1H3. The molecule has 0 aliphatic carbocycles. The number of benzene rings is 1. The van der Waals surface area contributed by atoms with Gasteiger partial charge in [0.25, 0.3) is 0 Å². The van der Waals surface area contributed by atoms with Gasteiger partial charge < -0.3 is 4.74 Å². The van der Waals surface area contributed by atoms with Gasteiger partial charge in [-0.1, -0.05) is 11.6 Å². The van der Waals surface area contributed by atoms with Gasteiger partial charge in [-0.15, -0.1) is 13.2 Å². The summed E-state index contributed by atoms with van der Waals surface area (Å²) in [5.41, 5.74) is 1.52. The molecule has 0 aliphatic heterocycles. The minimum Gasteiger partial charge on any atom is -0.406 e. The van der Waals surface area contributed by atoms with Gasteiger partial charge in [0.05, 0.1) is 5.69 Å². The monoisotopic (exact) mass is 288 g/mol. The first-order chi connectivity index (χ1) is 8.85. The van der Waals surface area contributed by atoms with Gasteiger partial charge in [-0.3, -0.25) is 0 Å². The highest BCUT2D eigenvalue weighted by Crippen LogP contribution is 2.29. The second-order valence-corrected chi connectivity index (χ2v) is 4.14. The predicted octanol–water partition coefficient (Wildman–Crippen LogP) is 4.00. The molecule has 0 fully saturated rings. The van der Waals surface area contributed by atoms with Gasteiger partial charge in [-0.05, 0) is 30.7 Å². The van der Waals surface area contributed by atoms with Crippen molar-refractivity contribution in [1.82, 2.24) is 9.97 Å². The second kappa shape index (κ2) is 5.05. The van der Waals surface area contributed by atoms with Crippen molar-refractivity contribution in [2.45, 2.75) is 13.3 Å². The Morgan fingerprint density at radius 3 is 2.47 bits per heavy atom. The lowest BCUT2D eigenvalue weighted by Gasteiger charge is -2.12. The molecule has 0 atom stereocenters. The molecule has 0 aliphatic rings. The van der Waals surface area contributed by atoms with Crippen LogP contribution in [-0.2, 0) is 0 Å². The predicted molar refractivity (Wildman–Crippen MR) is 63.9 cm³/mol. The van der Waals surface area contributed by atoms with E-state index >= 15 is 0 Å². The number of rotatable bonds is 2. The summed E-state index contributed by atoms with van der Waals surface area (Å²) in [6.45, 7) is 1.52. The summed E-state index contributed by atoms with van der Waals surface area (Å²) in [6, 6.07) is 5.79. The smallest absolute Gasteiger partial charge is 0.406 e. The van der Waals surface area contributed by atoms with Crippen LogP contribution in [0, 0.1) is 6.92 Å². The van der Waals surface area contributed by atoms with Crippen LogP contribution in [0.1, 0.15) is 5.56 Å². The summed E-state index contributed by atoms with van der Waals surface area (Å²) in [5, 5.41) is 0.262. The van der Waals surface area contributed by atoms with Crippen molar-refractivity contribution in [2.75, 3.05) is 0 Å². The van der Waals surface area contributed by atoms with Gasteiger partial charge in [0.1, 0.15) is 17.2 Å². The minimum absolute atomic E-state index is 0.239. The van der Waals surface area contributed by atoms with E-state index in [4.69, 9.17) is 11.6 Å². The van der Waals surface area contributed by atoms with Crippen molar-refractivity contribution in [3.63, 3.8) is 0 Å². The molecular formula is C12H8ClF3N2O. The molecule has 1 aromatic carbocycles. The minimum atomic E-state index is -4.70. The number of ether oxygens (including phenoxy) is 1. The summed E-state index contributed by atoms with van der Waals surface area (Å²) in [6.07, 6.45) is -3.42. The van der Waals surface area contributed by atoms with Gasteiger partial charge in [-0.25, -0.2) is 9.97 Å². The van der Waals surface area contributed by atoms with Crippen LogP contribution in [0.4, 0.5) is 13.2 Å². The zero-order valence-corrected chi connectivity index (χ0v) is 10.5. The fourth-order valence-corrected chi connectivity index (χ4v) is 1.69. The fourth-order valence-electron chi connectivity index (χ4n) is 1.54. The van der Waals surface area contributed by atoms with Gasteiger partial charge >= 0.3 is 6.36 Å². The van der Waals surface area contributed by atoms with E-state index < -0.39 is 6.36 Å². The molecule has 0 N–H and O–H groups in total. The summed E-state index contributed by atoms with van der Waals surface area (Å²) in [7, 11) is 0. The van der Waals surface area contributed by atoms with Gasteiger partial charge in [0, 0.05) is 11.6 Å². The molecule has 100 valence electrons. The molecule has 1 aromatic heterocycles. The Bertz CT molecular complexity index is 602. The second-order valence-electron chi connectivity index (χ2n) is 3.75. The Morgan fingerprint density at radius 1 is 1.16 bits per heavy atom. The maximum Gasteiger partial charge on any atom is 0.573 e. The van der Waals surface area contributed by atoms with Crippen molar-refractivity contribution >= 4 is 11.6 Å². The summed E-state index contributed by atoms with van der Waals surface area (Å²) in [4.78, 5) is 7.73. The summed E-state index contributed by atoms with van der Waals surface area (Å²) in [5.74, 6) is -0.239. The van der Waals surface area contributed by atoms with Crippen LogP contribution in [0.5, 0.6) is 5.75 Å². The van der Waals surface area contributed by atoms with Gasteiger partial charge in [0.15, 0.2) is 0 Å². The number of halogens is 4. The Morgan fingerprint density at radius 2 is 1.89 bits per heavy atom. The zero-order chi connectivity index (χ0) is 14.0. The normalized spacial score (nSPS) is 11.4. The highest BCUT2D eigenvalue weighted by atomic mass is 35.5. The number of hydrogen-bond donors (Lipinski definition) is 0. The number of alkyl halides is 3. The van der Waals surface area contributed by atoms with Crippen LogP contribution >= 0.6 is 11.6 Å². The van der Waals surface area contributed by atoms with E-state index in [2.05, 4.69) is 14.7 Å². The Balaban J connectivity index is 2.34. The molecule has 0 spiro atoms. The third kappa shape index (κ3) is 3.57. The lowest BCUT2D eigenvalue weighted by Crippen LogP contribution is -2.17. The Hall–Kier alpha value is -1.82. The van der Waals surface area contributed by atoms with E-state index in [1.807, 2.05) is 0 Å². The Kier molecular flexibility index (Phi) is 3.61. The first kappa shape index (κ1) is 13.6. The van der Waals surface area contributed by atoms with Crippen molar-refractivity contribution in [3.05, 3.63) is 41.3 Å². The lowest BCUT2D eigenvalue weighted by atomic mass is 10.1. The highest BCUT2D eigenvalue weighted by molar-refractivity contribution is 6.29. The Labute approximate surface area is 112 Å². The van der Waals surface area contributed by atoms with E-state index in [1.54, 1.807) is 6.07 Å². The highest BCUT2D eigenvalue weighted by Gasteiger charge is 2.31. The lowest BCUT2D eigenvalue weighted by molar-refractivity contribution is -0.274. The maximum atomic E-state index is 12.1. The van der Waals surface area contributed by atoms with Gasteiger partial charge in [-0.2, -0.15) is 0 Å². The van der Waals surface area contributed by atoms with E-state index in [1.165, 1.54) is 31.5 Å². The SMILES string of the molecule is Cc1cc(-c2cc(Cl)ncn2)ccc1OC(F)(F)F. The molecule has 0 unspecified atom stereocenters. The molecule has 3 nitrogen and oxygen atoms in total. The van der Waals surface area contributed by atoms with E-state index in [9.17, 15) is 13.2 Å². The summed E-state index contributed by atoms with van der Waals surface area (Å²) < 4.78 is 40.3. The van der Waals surface area contributed by atoms with Crippen LogP contribution in [0.2, 0.25) is 5.15 Å². The number of aromatic nitrogens is 2. The fraction of sp³-hybridized carbons (Fsp3) is 0.167. The molecule has 2 rings (SSSR count). The van der Waals surface area contributed by atoms with E-state index in [0.717, 1.165) is 0 Å². The first-order valence-electron chi connectivity index (χ1n) is 5.19. The van der Waals surface area contributed by atoms with Crippen LogP contribution in [0.3, 0.4) is 0 Å². The van der Waals surface area contributed by atoms with Crippen LogP contribution in [0.25, 0.3) is 11.3 Å². The van der Waals surface area contributed by atoms with Crippen LogP contribution in [0.15, 0.2) is 30.6 Å². The van der Waals surface area contributed by atoms with E-state index in [-0.39, 0.29) is 10.9 Å². The molecule has 0 saturated carbocycles. The van der Waals surface area contributed by atoms with Crippen molar-refractivity contribution in [1.29, 1.82) is 0 Å². The van der Waals surface area contributed by atoms with Crippen molar-refractivity contribution in [3.8, 4) is 17.0 Å². The third-order valence-electron chi connectivity index (χ3n) is 2.33. The van der Waals surface area contributed by atoms with Crippen LogP contribution in [-0.4, -0.2) is 16.3 Å². The first-order valence-corrected chi connectivity index (χ1v) is 5.57. The average molecular weight is 289 g/mol. The molecule has 0 radical (unpaired) electrons. The van der Waals surface area contributed by atoms with E-state index in [0.29, 0.717) is 16.8 Å². The average Bonchev–Trinajstić information content (AvgIpc) is 2.30. The molecule has 0 bridgehead atoms. The van der Waals surface area contributed by atoms with Crippen LogP contribution < -0.4 is 4.74 Å².